The van der Waals surface area contributed by atoms with Gasteiger partial charge in [0.05, 0.1) is 17.5 Å². The first kappa shape index (κ1) is 18.4. The van der Waals surface area contributed by atoms with Gasteiger partial charge in [-0.25, -0.2) is 8.42 Å². The minimum absolute atomic E-state index is 0.0388. The topological polar surface area (TPSA) is 57.7 Å². The number of rotatable bonds is 3. The Hall–Kier alpha value is -1.40. The van der Waals surface area contributed by atoms with Crippen molar-refractivity contribution in [3.8, 4) is 0 Å². The Bertz CT molecular complexity index is 753. The molecular formula is C19H28N2O3S. The smallest absolute Gasteiger partial charge is 0.254 e. The van der Waals surface area contributed by atoms with Crippen LogP contribution in [-0.4, -0.2) is 67.3 Å². The minimum atomic E-state index is -3.10. The molecule has 2 aliphatic rings. The highest BCUT2D eigenvalue weighted by molar-refractivity contribution is 7.91. The van der Waals surface area contributed by atoms with E-state index in [1.54, 1.807) is 4.90 Å². The zero-order valence-electron chi connectivity index (χ0n) is 15.5. The van der Waals surface area contributed by atoms with Crippen LogP contribution in [0.15, 0.2) is 18.2 Å². The Morgan fingerprint density at radius 2 is 1.68 bits per heavy atom. The first-order valence-corrected chi connectivity index (χ1v) is 10.8. The maximum absolute atomic E-state index is 13.1. The Balaban J connectivity index is 1.89. The van der Waals surface area contributed by atoms with Gasteiger partial charge in [-0.3, -0.25) is 9.69 Å². The molecule has 2 atom stereocenters. The summed E-state index contributed by atoms with van der Waals surface area (Å²) in [5.74, 6) is 0.692. The largest absolute Gasteiger partial charge is 0.332 e. The number of hydrogen-bond acceptors (Lipinski definition) is 4. The maximum atomic E-state index is 13.1. The van der Waals surface area contributed by atoms with Gasteiger partial charge in [0.15, 0.2) is 9.84 Å². The van der Waals surface area contributed by atoms with Crippen LogP contribution in [0, 0.1) is 19.8 Å². The number of benzene rings is 1. The fourth-order valence-electron chi connectivity index (χ4n) is 4.24. The molecule has 3 rings (SSSR count). The van der Waals surface area contributed by atoms with Crippen LogP contribution in [0.2, 0.25) is 0 Å². The monoisotopic (exact) mass is 364 g/mol. The van der Waals surface area contributed by atoms with Crippen LogP contribution >= 0.6 is 0 Å². The first-order chi connectivity index (χ1) is 11.7. The third kappa shape index (κ3) is 3.90. The van der Waals surface area contributed by atoms with Crippen LogP contribution in [0.5, 0.6) is 0 Å². The summed E-state index contributed by atoms with van der Waals surface area (Å²) in [6, 6.07) is 5.53. The van der Waals surface area contributed by atoms with Gasteiger partial charge in [-0.2, -0.15) is 0 Å². The van der Waals surface area contributed by atoms with Crippen molar-refractivity contribution in [2.75, 3.05) is 31.1 Å². The molecule has 0 aromatic heterocycles. The van der Waals surface area contributed by atoms with Crippen molar-refractivity contribution >= 4 is 15.7 Å². The molecule has 0 bridgehead atoms. The summed E-state index contributed by atoms with van der Waals surface area (Å²) in [4.78, 5) is 17.2. The Labute approximate surface area is 150 Å². The average molecular weight is 365 g/mol. The van der Waals surface area contributed by atoms with E-state index in [0.717, 1.165) is 24.2 Å². The molecule has 6 heteroatoms. The van der Waals surface area contributed by atoms with Gasteiger partial charge >= 0.3 is 0 Å². The molecular weight excluding hydrogens is 336 g/mol. The first-order valence-electron chi connectivity index (χ1n) is 9.00. The van der Waals surface area contributed by atoms with Crippen molar-refractivity contribution in [3.63, 3.8) is 0 Å². The SMILES string of the molecule is Cc1cc(C)cc(C(=O)N2CCN(CC(C)C)[C@H]3CS(=O)(=O)C[C@H]32)c1. The van der Waals surface area contributed by atoms with Crippen LogP contribution in [0.4, 0.5) is 0 Å². The van der Waals surface area contributed by atoms with Crippen LogP contribution in [0.1, 0.15) is 35.3 Å². The molecule has 0 N–H and O–H groups in total. The van der Waals surface area contributed by atoms with Crippen molar-refractivity contribution < 1.29 is 13.2 Å². The highest BCUT2D eigenvalue weighted by Crippen LogP contribution is 2.29. The molecule has 2 heterocycles. The van der Waals surface area contributed by atoms with Crippen molar-refractivity contribution in [2.45, 2.75) is 39.8 Å². The minimum Gasteiger partial charge on any atom is -0.332 e. The summed E-state index contributed by atoms with van der Waals surface area (Å²) < 4.78 is 24.6. The van der Waals surface area contributed by atoms with Gasteiger partial charge in [-0.1, -0.05) is 31.0 Å². The molecule has 1 amide bonds. The number of piperazine rings is 1. The van der Waals surface area contributed by atoms with Crippen LogP contribution in [-0.2, 0) is 9.84 Å². The van der Waals surface area contributed by atoms with Crippen LogP contribution in [0.3, 0.4) is 0 Å². The lowest BCUT2D eigenvalue weighted by Crippen LogP contribution is -2.61. The van der Waals surface area contributed by atoms with Gasteiger partial charge in [0.25, 0.3) is 5.91 Å². The molecule has 0 spiro atoms. The van der Waals surface area contributed by atoms with E-state index < -0.39 is 9.84 Å². The predicted molar refractivity (Wildman–Crippen MR) is 99.6 cm³/mol. The van der Waals surface area contributed by atoms with E-state index in [2.05, 4.69) is 18.7 Å². The van der Waals surface area contributed by atoms with E-state index in [4.69, 9.17) is 0 Å². The molecule has 1 aromatic carbocycles. The number of carbonyl (C=O) groups excluding carboxylic acids is 1. The van der Waals surface area contributed by atoms with E-state index in [1.807, 2.05) is 32.0 Å². The molecule has 5 nitrogen and oxygen atoms in total. The molecule has 0 unspecified atom stereocenters. The van der Waals surface area contributed by atoms with Crippen molar-refractivity contribution in [1.29, 1.82) is 0 Å². The quantitative estimate of drug-likeness (QED) is 0.822. The van der Waals surface area contributed by atoms with Gasteiger partial charge in [0.1, 0.15) is 0 Å². The highest BCUT2D eigenvalue weighted by atomic mass is 32.2. The lowest BCUT2D eigenvalue weighted by molar-refractivity contribution is 0.0297. The van der Waals surface area contributed by atoms with Gasteiger partial charge in [-0.15, -0.1) is 0 Å². The lowest BCUT2D eigenvalue weighted by Gasteiger charge is -2.44. The molecule has 2 saturated heterocycles. The number of aryl methyl sites for hydroxylation is 2. The lowest BCUT2D eigenvalue weighted by atomic mass is 10.0. The van der Waals surface area contributed by atoms with E-state index in [-0.39, 0.29) is 29.5 Å². The average Bonchev–Trinajstić information content (AvgIpc) is 2.81. The molecule has 25 heavy (non-hydrogen) atoms. The zero-order valence-corrected chi connectivity index (χ0v) is 16.3. The van der Waals surface area contributed by atoms with Crippen molar-refractivity contribution in [2.24, 2.45) is 5.92 Å². The molecule has 138 valence electrons. The Morgan fingerprint density at radius 1 is 1.08 bits per heavy atom. The molecule has 2 fully saturated rings. The van der Waals surface area contributed by atoms with E-state index in [9.17, 15) is 13.2 Å². The third-order valence-electron chi connectivity index (χ3n) is 5.12. The van der Waals surface area contributed by atoms with Crippen LogP contribution in [0.25, 0.3) is 0 Å². The normalized spacial score (nSPS) is 26.0. The number of sulfone groups is 1. The summed E-state index contributed by atoms with van der Waals surface area (Å²) >= 11 is 0. The summed E-state index contributed by atoms with van der Waals surface area (Å²) in [5.41, 5.74) is 2.77. The highest BCUT2D eigenvalue weighted by Gasteiger charge is 2.48. The summed E-state index contributed by atoms with van der Waals surface area (Å²) in [6.07, 6.45) is 0. The zero-order chi connectivity index (χ0) is 18.4. The standard InChI is InChI=1S/C19H28N2O3S/c1-13(2)10-20-5-6-21(18-12-25(23,24)11-17(18)20)19(22)16-8-14(3)7-15(4)9-16/h7-9,13,17-18H,5-6,10-12H2,1-4H3/t17-,18+/m0/s1. The number of amides is 1. The number of fused-ring (bicyclic) bond motifs is 1. The molecule has 1 aromatic rings. The van der Waals surface area contributed by atoms with E-state index >= 15 is 0 Å². The van der Waals surface area contributed by atoms with Crippen LogP contribution < -0.4 is 0 Å². The van der Waals surface area contributed by atoms with Gasteiger partial charge < -0.3 is 4.90 Å². The number of nitrogens with zero attached hydrogens (tertiary/aromatic N) is 2. The second-order valence-electron chi connectivity index (χ2n) is 7.98. The molecule has 0 radical (unpaired) electrons. The molecule has 2 aliphatic heterocycles. The number of carbonyl (C=O) groups is 1. The second kappa shape index (κ2) is 6.72. The summed E-state index contributed by atoms with van der Waals surface area (Å²) in [6.45, 7) is 10.5. The fourth-order valence-corrected chi connectivity index (χ4v) is 6.25. The predicted octanol–water partition coefficient (Wildman–Crippen LogP) is 1.88. The fraction of sp³-hybridized carbons (Fsp3) is 0.632. The van der Waals surface area contributed by atoms with Crippen molar-refractivity contribution in [1.82, 2.24) is 9.80 Å². The Kier molecular flexibility index (Phi) is 4.95. The van der Waals surface area contributed by atoms with Gasteiger partial charge in [0, 0.05) is 31.2 Å². The van der Waals surface area contributed by atoms with Crippen molar-refractivity contribution in [3.05, 3.63) is 34.9 Å². The Morgan fingerprint density at radius 3 is 2.28 bits per heavy atom. The van der Waals surface area contributed by atoms with E-state index in [1.165, 1.54) is 0 Å². The number of hydrogen-bond donors (Lipinski definition) is 0. The second-order valence-corrected chi connectivity index (χ2v) is 10.1. The third-order valence-corrected chi connectivity index (χ3v) is 6.82. The maximum Gasteiger partial charge on any atom is 0.254 e. The molecule has 0 aliphatic carbocycles. The summed E-state index contributed by atoms with van der Waals surface area (Å²) in [5, 5.41) is 0. The molecule has 0 saturated carbocycles. The summed E-state index contributed by atoms with van der Waals surface area (Å²) in [7, 11) is -3.10. The van der Waals surface area contributed by atoms with Gasteiger partial charge in [0.2, 0.25) is 0 Å². The van der Waals surface area contributed by atoms with E-state index in [0.29, 0.717) is 18.0 Å². The van der Waals surface area contributed by atoms with Gasteiger partial charge in [-0.05, 0) is 31.9 Å².